The molecule has 0 spiro atoms. The van der Waals surface area contributed by atoms with Crippen LogP contribution in [-0.4, -0.2) is 16.0 Å². The van der Waals surface area contributed by atoms with Gasteiger partial charge >= 0.3 is 0 Å². The third-order valence-corrected chi connectivity index (χ3v) is 2.78. The molecular formula is C12H9IN2O2. The summed E-state index contributed by atoms with van der Waals surface area (Å²) >= 11 is 2.13. The highest BCUT2D eigenvalue weighted by Crippen LogP contribution is 2.19. The maximum atomic E-state index is 11.9. The van der Waals surface area contributed by atoms with Crippen molar-refractivity contribution in [1.82, 2.24) is 4.98 Å². The van der Waals surface area contributed by atoms with Gasteiger partial charge < -0.3 is 10.4 Å². The van der Waals surface area contributed by atoms with Crippen LogP contribution >= 0.6 is 22.6 Å². The van der Waals surface area contributed by atoms with E-state index < -0.39 is 0 Å². The lowest BCUT2D eigenvalue weighted by molar-refractivity contribution is 0.102. The second kappa shape index (κ2) is 5.13. The second-order valence-electron chi connectivity index (χ2n) is 3.34. The van der Waals surface area contributed by atoms with Crippen LogP contribution in [0.1, 0.15) is 10.4 Å². The number of rotatable bonds is 2. The summed E-state index contributed by atoms with van der Waals surface area (Å²) in [6, 6.07) is 10.2. The van der Waals surface area contributed by atoms with Crippen molar-refractivity contribution in [3.8, 4) is 5.75 Å². The summed E-state index contributed by atoms with van der Waals surface area (Å²) in [5.41, 5.74) is 0.530. The van der Waals surface area contributed by atoms with Crippen LogP contribution in [0, 0.1) is 3.57 Å². The lowest BCUT2D eigenvalue weighted by Gasteiger charge is -2.05. The van der Waals surface area contributed by atoms with E-state index in [9.17, 15) is 9.90 Å². The number of anilines is 1. The maximum absolute atomic E-state index is 11.9. The highest BCUT2D eigenvalue weighted by atomic mass is 127. The number of carbonyl (C=O) groups excluding carboxylic acids is 1. The Bertz CT molecular complexity index is 558. The summed E-state index contributed by atoms with van der Waals surface area (Å²) in [5.74, 6) is -0.180. The molecular weight excluding hydrogens is 331 g/mol. The van der Waals surface area contributed by atoms with Gasteiger partial charge in [0.25, 0.3) is 5.91 Å². The van der Waals surface area contributed by atoms with E-state index in [1.807, 2.05) is 6.07 Å². The van der Waals surface area contributed by atoms with Crippen molar-refractivity contribution in [3.63, 3.8) is 0 Å². The normalized spacial score (nSPS) is 9.94. The first-order chi connectivity index (χ1) is 8.16. The Hall–Kier alpha value is -1.63. The number of aromatic nitrogens is 1. The highest BCUT2D eigenvalue weighted by Gasteiger charge is 2.09. The zero-order valence-corrected chi connectivity index (χ0v) is 10.9. The number of amides is 1. The van der Waals surface area contributed by atoms with Gasteiger partial charge in [-0.1, -0.05) is 6.07 Å². The van der Waals surface area contributed by atoms with Crippen molar-refractivity contribution >= 4 is 34.3 Å². The average Bonchev–Trinajstić information content (AvgIpc) is 2.32. The molecule has 1 amide bonds. The average molecular weight is 340 g/mol. The minimum Gasteiger partial charge on any atom is -0.504 e. The van der Waals surface area contributed by atoms with E-state index in [-0.39, 0.29) is 17.5 Å². The van der Waals surface area contributed by atoms with Crippen molar-refractivity contribution in [3.05, 3.63) is 51.7 Å². The van der Waals surface area contributed by atoms with Gasteiger partial charge in [0.05, 0.1) is 0 Å². The molecule has 17 heavy (non-hydrogen) atoms. The van der Waals surface area contributed by atoms with Crippen LogP contribution in [-0.2, 0) is 0 Å². The Labute approximate surface area is 112 Å². The summed E-state index contributed by atoms with van der Waals surface area (Å²) in [6.45, 7) is 0. The number of hydrogen-bond acceptors (Lipinski definition) is 3. The predicted molar refractivity (Wildman–Crippen MR) is 73.0 cm³/mol. The van der Waals surface area contributed by atoms with E-state index in [0.717, 1.165) is 3.57 Å². The summed E-state index contributed by atoms with van der Waals surface area (Å²) in [6.07, 6.45) is 1.50. The molecule has 5 heteroatoms. The van der Waals surface area contributed by atoms with Crippen molar-refractivity contribution in [1.29, 1.82) is 0 Å². The lowest BCUT2D eigenvalue weighted by atomic mass is 10.2. The number of halogens is 1. The van der Waals surface area contributed by atoms with Crippen molar-refractivity contribution in [2.24, 2.45) is 0 Å². The van der Waals surface area contributed by atoms with Crippen LogP contribution in [0.2, 0.25) is 0 Å². The topological polar surface area (TPSA) is 62.2 Å². The molecule has 2 N–H and O–H groups in total. The first kappa shape index (κ1) is 11.8. The van der Waals surface area contributed by atoms with Crippen molar-refractivity contribution in [2.45, 2.75) is 0 Å². The van der Waals surface area contributed by atoms with E-state index in [1.54, 1.807) is 24.3 Å². The quantitative estimate of drug-likeness (QED) is 0.827. The molecule has 1 aromatic carbocycles. The monoisotopic (exact) mass is 340 g/mol. The fraction of sp³-hybridized carbons (Fsp3) is 0. The molecule has 2 aromatic rings. The fourth-order valence-corrected chi connectivity index (χ4v) is 1.85. The van der Waals surface area contributed by atoms with Gasteiger partial charge in [0.2, 0.25) is 0 Å². The van der Waals surface area contributed by atoms with E-state index in [2.05, 4.69) is 32.9 Å². The third kappa shape index (κ3) is 2.94. The predicted octanol–water partition coefficient (Wildman–Crippen LogP) is 2.64. The molecule has 0 radical (unpaired) electrons. The Morgan fingerprint density at radius 2 is 2.12 bits per heavy atom. The number of hydrogen-bond donors (Lipinski definition) is 2. The van der Waals surface area contributed by atoms with E-state index >= 15 is 0 Å². The number of benzene rings is 1. The minimum absolute atomic E-state index is 0.0496. The molecule has 0 atom stereocenters. The smallest absolute Gasteiger partial charge is 0.256 e. The van der Waals surface area contributed by atoms with Crippen LogP contribution in [0.25, 0.3) is 0 Å². The molecule has 0 saturated carbocycles. The Balaban J connectivity index is 2.20. The molecule has 0 unspecified atom stereocenters. The van der Waals surface area contributed by atoms with Gasteiger partial charge in [0.15, 0.2) is 11.6 Å². The molecule has 1 aromatic heterocycles. The first-order valence-corrected chi connectivity index (χ1v) is 5.95. The largest absolute Gasteiger partial charge is 0.504 e. The van der Waals surface area contributed by atoms with Crippen LogP contribution in [0.4, 0.5) is 5.82 Å². The summed E-state index contributed by atoms with van der Waals surface area (Å²) in [4.78, 5) is 15.7. The van der Waals surface area contributed by atoms with Gasteiger partial charge in [-0.25, -0.2) is 4.98 Å². The summed E-state index contributed by atoms with van der Waals surface area (Å²) < 4.78 is 0.973. The summed E-state index contributed by atoms with van der Waals surface area (Å²) in [7, 11) is 0. The molecule has 0 saturated heterocycles. The number of nitrogens with zero attached hydrogens (tertiary/aromatic N) is 1. The van der Waals surface area contributed by atoms with E-state index in [1.165, 1.54) is 12.3 Å². The third-order valence-electron chi connectivity index (χ3n) is 2.11. The van der Waals surface area contributed by atoms with Gasteiger partial charge in [-0.3, -0.25) is 4.79 Å². The number of carbonyl (C=O) groups is 1. The first-order valence-electron chi connectivity index (χ1n) is 4.88. The van der Waals surface area contributed by atoms with Crippen molar-refractivity contribution in [2.75, 3.05) is 5.32 Å². The van der Waals surface area contributed by atoms with Gasteiger partial charge in [0, 0.05) is 15.3 Å². The Morgan fingerprint density at radius 1 is 1.29 bits per heavy atom. The van der Waals surface area contributed by atoms with Gasteiger partial charge in [-0.05, 0) is 52.9 Å². The molecule has 0 bridgehead atoms. The highest BCUT2D eigenvalue weighted by molar-refractivity contribution is 14.1. The SMILES string of the molecule is O=C(Nc1ncccc1O)c1cccc(I)c1. The van der Waals surface area contributed by atoms with Crippen LogP contribution in [0.3, 0.4) is 0 Å². The summed E-state index contributed by atoms with van der Waals surface area (Å²) in [5, 5.41) is 12.0. The van der Waals surface area contributed by atoms with Crippen LogP contribution < -0.4 is 5.32 Å². The standard InChI is InChI=1S/C12H9IN2O2/c13-9-4-1-3-8(7-9)12(17)15-11-10(16)5-2-6-14-11/h1-7,16H,(H,14,15,17). The van der Waals surface area contributed by atoms with Crippen LogP contribution in [0.15, 0.2) is 42.6 Å². The van der Waals surface area contributed by atoms with Gasteiger partial charge in [0.1, 0.15) is 0 Å². The number of pyridine rings is 1. The molecule has 86 valence electrons. The maximum Gasteiger partial charge on any atom is 0.256 e. The molecule has 4 nitrogen and oxygen atoms in total. The Morgan fingerprint density at radius 3 is 2.82 bits per heavy atom. The molecule has 0 fully saturated rings. The van der Waals surface area contributed by atoms with Gasteiger partial charge in [-0.15, -0.1) is 0 Å². The lowest BCUT2D eigenvalue weighted by Crippen LogP contribution is -2.13. The van der Waals surface area contributed by atoms with E-state index in [4.69, 9.17) is 0 Å². The minimum atomic E-state index is -0.294. The number of nitrogens with one attached hydrogen (secondary N) is 1. The van der Waals surface area contributed by atoms with Gasteiger partial charge in [-0.2, -0.15) is 0 Å². The Kier molecular flexibility index (Phi) is 3.58. The molecule has 2 rings (SSSR count). The fourth-order valence-electron chi connectivity index (χ4n) is 1.30. The second-order valence-corrected chi connectivity index (χ2v) is 4.58. The molecule has 0 aliphatic rings. The zero-order valence-electron chi connectivity index (χ0n) is 8.72. The van der Waals surface area contributed by atoms with E-state index in [0.29, 0.717) is 5.56 Å². The molecule has 0 aliphatic carbocycles. The molecule has 1 heterocycles. The zero-order chi connectivity index (χ0) is 12.3. The number of aromatic hydroxyl groups is 1. The van der Waals surface area contributed by atoms with Crippen molar-refractivity contribution < 1.29 is 9.90 Å². The molecule has 0 aliphatic heterocycles. The van der Waals surface area contributed by atoms with Crippen LogP contribution in [0.5, 0.6) is 5.75 Å².